The number of aromatic nitrogens is 1. The second-order valence-corrected chi connectivity index (χ2v) is 7.79. The van der Waals surface area contributed by atoms with Crippen LogP contribution in [-0.4, -0.2) is 54.6 Å². The molecule has 1 aromatic heterocycles. The summed E-state index contributed by atoms with van der Waals surface area (Å²) >= 11 is 1.52. The first-order valence-electron chi connectivity index (χ1n) is 9.40. The Kier molecular flexibility index (Phi) is 5.66. The fourth-order valence-electron chi connectivity index (χ4n) is 3.32. The van der Waals surface area contributed by atoms with Crippen molar-refractivity contribution in [3.05, 3.63) is 42.6 Å². The van der Waals surface area contributed by atoms with Crippen LogP contribution in [0.25, 0.3) is 0 Å². The minimum atomic E-state index is -0.180. The Morgan fingerprint density at radius 3 is 2.86 bits per heavy atom. The molecule has 0 unspecified atom stereocenters. The zero-order valence-electron chi connectivity index (χ0n) is 15.8. The summed E-state index contributed by atoms with van der Waals surface area (Å²) < 4.78 is 0. The third kappa shape index (κ3) is 4.51. The van der Waals surface area contributed by atoms with E-state index in [9.17, 15) is 14.4 Å². The van der Waals surface area contributed by atoms with Crippen LogP contribution in [0.15, 0.2) is 47.5 Å². The summed E-state index contributed by atoms with van der Waals surface area (Å²) in [5.41, 5.74) is 1.44. The zero-order valence-corrected chi connectivity index (χ0v) is 16.6. The van der Waals surface area contributed by atoms with Crippen LogP contribution in [0.5, 0.6) is 0 Å². The molecule has 150 valence electrons. The molecule has 0 spiro atoms. The lowest BCUT2D eigenvalue weighted by atomic mass is 10.2. The van der Waals surface area contributed by atoms with Gasteiger partial charge < -0.3 is 20.4 Å². The number of amides is 3. The van der Waals surface area contributed by atoms with E-state index in [0.29, 0.717) is 36.9 Å². The van der Waals surface area contributed by atoms with Gasteiger partial charge in [-0.15, -0.1) is 11.8 Å². The molecule has 29 heavy (non-hydrogen) atoms. The Bertz CT molecular complexity index is 934. The number of fused-ring (bicyclic) bond motifs is 1. The number of carbonyl (C=O) groups is 3. The van der Waals surface area contributed by atoms with Crippen LogP contribution >= 0.6 is 11.8 Å². The molecular formula is C20H21N5O3S. The van der Waals surface area contributed by atoms with E-state index in [1.54, 1.807) is 23.2 Å². The molecule has 0 radical (unpaired) electrons. The number of para-hydroxylation sites is 1. The number of benzene rings is 1. The fraction of sp³-hybridized carbons (Fsp3) is 0.300. The molecular weight excluding hydrogens is 390 g/mol. The number of nitrogens with one attached hydrogen (secondary N) is 2. The second kappa shape index (κ2) is 8.52. The van der Waals surface area contributed by atoms with Gasteiger partial charge in [-0.05, 0) is 24.3 Å². The normalized spacial score (nSPS) is 16.3. The summed E-state index contributed by atoms with van der Waals surface area (Å²) in [4.78, 5) is 45.1. The highest BCUT2D eigenvalue weighted by atomic mass is 32.2. The minimum absolute atomic E-state index is 0.0121. The van der Waals surface area contributed by atoms with Gasteiger partial charge in [0.1, 0.15) is 5.82 Å². The molecule has 9 heteroatoms. The lowest BCUT2D eigenvalue weighted by Crippen LogP contribution is -2.48. The van der Waals surface area contributed by atoms with Crippen molar-refractivity contribution in [2.45, 2.75) is 11.3 Å². The molecule has 0 saturated carbocycles. The van der Waals surface area contributed by atoms with E-state index in [2.05, 4.69) is 15.6 Å². The van der Waals surface area contributed by atoms with Gasteiger partial charge in [0.15, 0.2) is 0 Å². The molecule has 1 saturated heterocycles. The van der Waals surface area contributed by atoms with Crippen LogP contribution in [0.1, 0.15) is 6.42 Å². The number of pyridine rings is 1. The molecule has 1 fully saturated rings. The third-order valence-corrected chi connectivity index (χ3v) is 5.81. The van der Waals surface area contributed by atoms with Gasteiger partial charge in [-0.25, -0.2) is 4.98 Å². The zero-order chi connectivity index (χ0) is 20.2. The van der Waals surface area contributed by atoms with E-state index in [0.717, 1.165) is 10.6 Å². The lowest BCUT2D eigenvalue weighted by Gasteiger charge is -2.28. The predicted octanol–water partition coefficient (Wildman–Crippen LogP) is 1.49. The summed E-state index contributed by atoms with van der Waals surface area (Å²) in [6.45, 7) is 1.91. The van der Waals surface area contributed by atoms with Crippen LogP contribution in [0.3, 0.4) is 0 Å². The van der Waals surface area contributed by atoms with Gasteiger partial charge in [0.05, 0.1) is 29.9 Å². The highest BCUT2D eigenvalue weighted by Crippen LogP contribution is 2.34. The number of piperazine rings is 1. The van der Waals surface area contributed by atoms with Crippen molar-refractivity contribution in [2.24, 2.45) is 0 Å². The van der Waals surface area contributed by atoms with Crippen LogP contribution in [-0.2, 0) is 14.4 Å². The summed E-state index contributed by atoms with van der Waals surface area (Å²) in [7, 11) is 0. The van der Waals surface area contributed by atoms with Gasteiger partial charge in [-0.1, -0.05) is 12.1 Å². The van der Waals surface area contributed by atoms with E-state index in [1.165, 1.54) is 11.8 Å². The molecule has 8 nitrogen and oxygen atoms in total. The quantitative estimate of drug-likeness (QED) is 0.774. The van der Waals surface area contributed by atoms with Crippen molar-refractivity contribution < 1.29 is 14.4 Å². The number of nitrogens with zero attached hydrogens (tertiary/aromatic N) is 3. The maximum Gasteiger partial charge on any atom is 0.239 e. The topological polar surface area (TPSA) is 94.6 Å². The van der Waals surface area contributed by atoms with Crippen LogP contribution in [0.4, 0.5) is 17.2 Å². The highest BCUT2D eigenvalue weighted by molar-refractivity contribution is 8.00. The number of hydrogen-bond donors (Lipinski definition) is 2. The van der Waals surface area contributed by atoms with E-state index >= 15 is 0 Å². The Morgan fingerprint density at radius 2 is 2.07 bits per heavy atom. The van der Waals surface area contributed by atoms with Gasteiger partial charge in [0.2, 0.25) is 17.7 Å². The van der Waals surface area contributed by atoms with Crippen LogP contribution < -0.4 is 20.4 Å². The van der Waals surface area contributed by atoms with Crippen molar-refractivity contribution in [3.63, 3.8) is 0 Å². The van der Waals surface area contributed by atoms with E-state index in [-0.39, 0.29) is 30.7 Å². The average Bonchev–Trinajstić information content (AvgIpc) is 2.73. The van der Waals surface area contributed by atoms with Crippen LogP contribution in [0, 0.1) is 0 Å². The molecule has 2 aliphatic heterocycles. The van der Waals surface area contributed by atoms with Gasteiger partial charge in [0.25, 0.3) is 0 Å². The van der Waals surface area contributed by atoms with E-state index < -0.39 is 0 Å². The first-order chi connectivity index (χ1) is 14.1. The Morgan fingerprint density at radius 1 is 1.21 bits per heavy atom. The molecule has 0 bridgehead atoms. The van der Waals surface area contributed by atoms with Crippen molar-refractivity contribution in [2.75, 3.05) is 47.0 Å². The number of rotatable bonds is 5. The van der Waals surface area contributed by atoms with Crippen molar-refractivity contribution in [1.82, 2.24) is 10.3 Å². The number of thioether (sulfide) groups is 1. The number of anilines is 3. The Hall–Kier alpha value is -3.07. The summed E-state index contributed by atoms with van der Waals surface area (Å²) in [5.74, 6) is 0.894. The molecule has 2 N–H and O–H groups in total. The largest absolute Gasteiger partial charge is 0.353 e. The lowest BCUT2D eigenvalue weighted by molar-refractivity contribution is -0.120. The molecule has 3 amide bonds. The van der Waals surface area contributed by atoms with Gasteiger partial charge >= 0.3 is 0 Å². The summed E-state index contributed by atoms with van der Waals surface area (Å²) in [5, 5.41) is 5.59. The SMILES string of the molecule is O=C1CN(c2ccc(NC(=O)CCN3C(=O)CSc4ccccc43)cn2)CCN1. The van der Waals surface area contributed by atoms with E-state index in [4.69, 9.17) is 0 Å². The Labute approximate surface area is 172 Å². The van der Waals surface area contributed by atoms with Gasteiger partial charge in [-0.2, -0.15) is 0 Å². The summed E-state index contributed by atoms with van der Waals surface area (Å²) in [6, 6.07) is 11.3. The first kappa shape index (κ1) is 19.3. The van der Waals surface area contributed by atoms with Crippen LogP contribution in [0.2, 0.25) is 0 Å². The van der Waals surface area contributed by atoms with Crippen molar-refractivity contribution in [1.29, 1.82) is 0 Å². The molecule has 0 atom stereocenters. The molecule has 4 rings (SSSR count). The third-order valence-electron chi connectivity index (χ3n) is 4.76. The molecule has 2 aliphatic rings. The number of carbonyl (C=O) groups excluding carboxylic acids is 3. The average molecular weight is 411 g/mol. The molecule has 1 aromatic carbocycles. The van der Waals surface area contributed by atoms with Crippen molar-refractivity contribution >= 4 is 46.7 Å². The first-order valence-corrected chi connectivity index (χ1v) is 10.4. The minimum Gasteiger partial charge on any atom is -0.353 e. The molecule has 3 heterocycles. The van der Waals surface area contributed by atoms with E-state index in [1.807, 2.05) is 29.2 Å². The van der Waals surface area contributed by atoms with Crippen molar-refractivity contribution in [3.8, 4) is 0 Å². The Balaban J connectivity index is 1.33. The highest BCUT2D eigenvalue weighted by Gasteiger charge is 2.24. The summed E-state index contributed by atoms with van der Waals surface area (Å²) in [6.07, 6.45) is 1.77. The maximum absolute atomic E-state index is 12.4. The smallest absolute Gasteiger partial charge is 0.239 e. The molecule has 0 aliphatic carbocycles. The second-order valence-electron chi connectivity index (χ2n) is 6.78. The maximum atomic E-state index is 12.4. The van der Waals surface area contributed by atoms with Gasteiger partial charge in [0, 0.05) is 31.0 Å². The van der Waals surface area contributed by atoms with Gasteiger partial charge in [-0.3, -0.25) is 14.4 Å². The monoisotopic (exact) mass is 411 g/mol. The predicted molar refractivity (Wildman–Crippen MR) is 112 cm³/mol. The molecule has 2 aromatic rings. The standard InChI is InChI=1S/C20H21N5O3S/c26-18(7-9-25-15-3-1-2-4-16(15)29-13-20(25)28)23-14-5-6-17(22-11-14)24-10-8-21-19(27)12-24/h1-6,11H,7-10,12-13H2,(H,21,27)(H,23,26). The number of hydrogen-bond acceptors (Lipinski definition) is 6. The fourth-order valence-corrected chi connectivity index (χ4v) is 4.25.